The Bertz CT molecular complexity index is 1290. The lowest BCUT2D eigenvalue weighted by Gasteiger charge is -2.20. The molecule has 7 heteroatoms. The van der Waals surface area contributed by atoms with E-state index < -0.39 is 0 Å². The second-order valence-electron chi connectivity index (χ2n) is 8.98. The Morgan fingerprint density at radius 1 is 1.03 bits per heavy atom. The van der Waals surface area contributed by atoms with Gasteiger partial charge in [0.25, 0.3) is 5.56 Å². The number of nitrogens with zero attached hydrogens (tertiary/aromatic N) is 3. The monoisotopic (exact) mass is 431 g/mol. The van der Waals surface area contributed by atoms with Gasteiger partial charge in [-0.3, -0.25) is 9.59 Å². The topological polar surface area (TPSA) is 92.7 Å². The van der Waals surface area contributed by atoms with E-state index >= 15 is 0 Å². The van der Waals surface area contributed by atoms with Crippen molar-refractivity contribution in [3.8, 4) is 0 Å². The average Bonchev–Trinajstić information content (AvgIpc) is 3.18. The van der Waals surface area contributed by atoms with E-state index in [4.69, 9.17) is 0 Å². The number of nitrogens with one attached hydrogen (secondary N) is 2. The summed E-state index contributed by atoms with van der Waals surface area (Å²) in [4.78, 5) is 33.9. The molecule has 0 bridgehead atoms. The van der Waals surface area contributed by atoms with Gasteiger partial charge >= 0.3 is 0 Å². The summed E-state index contributed by atoms with van der Waals surface area (Å²) in [5, 5.41) is 8.99. The van der Waals surface area contributed by atoms with Gasteiger partial charge in [-0.2, -0.15) is 5.10 Å². The molecule has 0 spiro atoms. The first-order valence-electron chi connectivity index (χ1n) is 11.1. The molecule has 0 fully saturated rings. The molecule has 0 saturated heterocycles. The van der Waals surface area contributed by atoms with Crippen LogP contribution >= 0.6 is 0 Å². The van der Waals surface area contributed by atoms with Gasteiger partial charge in [0.1, 0.15) is 5.82 Å². The van der Waals surface area contributed by atoms with Crippen molar-refractivity contribution in [2.45, 2.75) is 46.7 Å². The fraction of sp³-hybridized carbons (Fsp3) is 0.360. The van der Waals surface area contributed by atoms with Crippen molar-refractivity contribution >= 4 is 27.7 Å². The molecule has 0 aliphatic rings. The van der Waals surface area contributed by atoms with E-state index in [1.165, 1.54) is 4.68 Å². The molecule has 0 radical (unpaired) electrons. The molecule has 7 nitrogen and oxygen atoms in total. The Balaban J connectivity index is 1.64. The maximum absolute atomic E-state index is 13.1. The highest BCUT2D eigenvalue weighted by Crippen LogP contribution is 2.23. The van der Waals surface area contributed by atoms with Gasteiger partial charge in [0.15, 0.2) is 0 Å². The van der Waals surface area contributed by atoms with Crippen molar-refractivity contribution in [2.24, 2.45) is 11.8 Å². The van der Waals surface area contributed by atoms with Crippen LogP contribution in [0.4, 0.5) is 0 Å². The largest absolute Gasteiger partial charge is 0.346 e. The van der Waals surface area contributed by atoms with Crippen molar-refractivity contribution < 1.29 is 4.79 Å². The molecule has 1 atom stereocenters. The molecule has 4 aromatic rings. The van der Waals surface area contributed by atoms with Crippen LogP contribution in [0.25, 0.3) is 21.8 Å². The maximum atomic E-state index is 13.1. The van der Waals surface area contributed by atoms with E-state index in [2.05, 4.69) is 34.2 Å². The molecule has 0 unspecified atom stereocenters. The van der Waals surface area contributed by atoms with Crippen LogP contribution in [0.5, 0.6) is 0 Å². The van der Waals surface area contributed by atoms with Crippen molar-refractivity contribution in [2.75, 3.05) is 0 Å². The fourth-order valence-corrected chi connectivity index (χ4v) is 3.95. The zero-order valence-electron chi connectivity index (χ0n) is 18.9. The summed E-state index contributed by atoms with van der Waals surface area (Å²) in [6.45, 7) is 8.68. The molecule has 2 N–H and O–H groups in total. The highest BCUT2D eigenvalue weighted by molar-refractivity contribution is 5.88. The zero-order chi connectivity index (χ0) is 22.8. The van der Waals surface area contributed by atoms with Gasteiger partial charge in [-0.1, -0.05) is 58.0 Å². The number of benzene rings is 2. The second-order valence-corrected chi connectivity index (χ2v) is 8.98. The van der Waals surface area contributed by atoms with Crippen LogP contribution < -0.4 is 10.9 Å². The van der Waals surface area contributed by atoms with Gasteiger partial charge in [-0.25, -0.2) is 9.67 Å². The number of rotatable bonds is 7. The van der Waals surface area contributed by atoms with Crippen molar-refractivity contribution in [1.29, 1.82) is 0 Å². The summed E-state index contributed by atoms with van der Waals surface area (Å²) in [6, 6.07) is 14.9. The lowest BCUT2D eigenvalue weighted by Crippen LogP contribution is -2.34. The predicted molar refractivity (Wildman–Crippen MR) is 126 cm³/mol. The Morgan fingerprint density at radius 3 is 2.41 bits per heavy atom. The number of hydrogen-bond donors (Lipinski definition) is 2. The van der Waals surface area contributed by atoms with Crippen molar-refractivity contribution in [3.05, 3.63) is 70.4 Å². The van der Waals surface area contributed by atoms with Gasteiger partial charge in [-0.05, 0) is 30.0 Å². The molecule has 2 aromatic heterocycles. The van der Waals surface area contributed by atoms with Crippen LogP contribution in [-0.4, -0.2) is 25.7 Å². The Hall–Kier alpha value is -3.48. The smallest absolute Gasteiger partial charge is 0.274 e. The van der Waals surface area contributed by atoms with Gasteiger partial charge in [0, 0.05) is 11.9 Å². The van der Waals surface area contributed by atoms with Crippen LogP contribution in [0.1, 0.15) is 45.3 Å². The molecule has 0 aliphatic heterocycles. The fourth-order valence-electron chi connectivity index (χ4n) is 3.95. The summed E-state index contributed by atoms with van der Waals surface area (Å²) >= 11 is 0. The van der Waals surface area contributed by atoms with Crippen molar-refractivity contribution in [1.82, 2.24) is 25.1 Å². The Labute approximate surface area is 186 Å². The minimum atomic E-state index is -0.261. The molecule has 1 amide bonds. The maximum Gasteiger partial charge on any atom is 0.274 e. The molecular weight excluding hydrogens is 402 g/mol. The number of aromatic nitrogens is 4. The van der Waals surface area contributed by atoms with Crippen LogP contribution in [0.2, 0.25) is 0 Å². The van der Waals surface area contributed by atoms with Gasteiger partial charge in [-0.15, -0.1) is 0 Å². The summed E-state index contributed by atoms with van der Waals surface area (Å²) in [5.74, 6) is 0.981. The molecule has 166 valence electrons. The number of para-hydroxylation sites is 2. The summed E-state index contributed by atoms with van der Waals surface area (Å²) in [7, 11) is 0. The molecule has 4 rings (SSSR count). The molecular formula is C25H29N5O2. The Morgan fingerprint density at radius 2 is 1.72 bits per heavy atom. The van der Waals surface area contributed by atoms with Gasteiger partial charge in [0.2, 0.25) is 5.91 Å². The number of amides is 1. The van der Waals surface area contributed by atoms with E-state index in [0.717, 1.165) is 22.2 Å². The number of hydrogen-bond acceptors (Lipinski definition) is 4. The molecule has 32 heavy (non-hydrogen) atoms. The van der Waals surface area contributed by atoms with Crippen LogP contribution in [0.15, 0.2) is 53.3 Å². The number of carbonyl (C=O) groups is 1. The number of carbonyl (C=O) groups excluding carboxylic acids is 1. The van der Waals surface area contributed by atoms with E-state index in [1.807, 2.05) is 56.3 Å². The van der Waals surface area contributed by atoms with Crippen LogP contribution in [0.3, 0.4) is 0 Å². The van der Waals surface area contributed by atoms with Crippen LogP contribution in [0, 0.1) is 11.8 Å². The minimum absolute atomic E-state index is 0.0857. The van der Waals surface area contributed by atoms with E-state index in [1.54, 1.807) is 6.07 Å². The van der Waals surface area contributed by atoms with E-state index in [9.17, 15) is 9.59 Å². The van der Waals surface area contributed by atoms with Gasteiger partial charge < -0.3 is 10.3 Å². The Kier molecular flexibility index (Phi) is 6.08. The average molecular weight is 432 g/mol. The van der Waals surface area contributed by atoms with Gasteiger partial charge in [0.05, 0.1) is 34.6 Å². The van der Waals surface area contributed by atoms with E-state index in [-0.39, 0.29) is 35.8 Å². The van der Waals surface area contributed by atoms with E-state index in [0.29, 0.717) is 17.6 Å². The predicted octanol–water partition coefficient (Wildman–Crippen LogP) is 3.98. The standard InChI is InChI=1S/C25H29N5O2/c1-15(2)14-30-25(32)18-10-6-5-9-17(18)21(29-30)13-22(31)28-23(16(3)4)24-26-19-11-7-8-12-20(19)27-24/h5-12,15-16,23H,13-14H2,1-4H3,(H,26,27)(H,28,31)/t23-/m0/s1. The first kappa shape index (κ1) is 21.7. The normalized spacial score (nSPS) is 12.7. The lowest BCUT2D eigenvalue weighted by molar-refractivity contribution is -0.121. The first-order valence-corrected chi connectivity index (χ1v) is 11.1. The molecule has 2 aromatic carbocycles. The quantitative estimate of drug-likeness (QED) is 0.463. The summed E-state index contributed by atoms with van der Waals surface area (Å²) < 4.78 is 1.48. The summed E-state index contributed by atoms with van der Waals surface area (Å²) in [5.41, 5.74) is 2.29. The number of fused-ring (bicyclic) bond motifs is 2. The number of aromatic amines is 1. The third-order valence-electron chi connectivity index (χ3n) is 5.50. The molecule has 2 heterocycles. The highest BCUT2D eigenvalue weighted by atomic mass is 16.2. The lowest BCUT2D eigenvalue weighted by atomic mass is 10.0. The third-order valence-corrected chi connectivity index (χ3v) is 5.50. The van der Waals surface area contributed by atoms with Crippen LogP contribution in [-0.2, 0) is 17.8 Å². The van der Waals surface area contributed by atoms with Crippen molar-refractivity contribution in [3.63, 3.8) is 0 Å². The second kappa shape index (κ2) is 8.94. The summed E-state index contributed by atoms with van der Waals surface area (Å²) in [6.07, 6.45) is 0.0857. The SMILES string of the molecule is CC(C)Cn1nc(CC(=O)N[C@H](c2nc3ccccc3[nH]2)C(C)C)c2ccccc2c1=O. The molecule has 0 aliphatic carbocycles. The minimum Gasteiger partial charge on any atom is -0.346 e. The third kappa shape index (κ3) is 4.42. The number of imidazole rings is 1. The highest BCUT2D eigenvalue weighted by Gasteiger charge is 2.23. The first-order chi connectivity index (χ1) is 15.3. The zero-order valence-corrected chi connectivity index (χ0v) is 18.9. The molecule has 0 saturated carbocycles. The number of H-pyrrole nitrogens is 1.